The molecule has 2 heterocycles. The van der Waals surface area contributed by atoms with Crippen LogP contribution in [0.3, 0.4) is 0 Å². The van der Waals surface area contributed by atoms with Crippen LogP contribution in [0.15, 0.2) is 70.9 Å². The highest BCUT2D eigenvalue weighted by Crippen LogP contribution is 2.41. The second-order valence-electron chi connectivity index (χ2n) is 6.51. The van der Waals surface area contributed by atoms with Gasteiger partial charge in [-0.15, -0.1) is 15.2 Å². The monoisotopic (exact) mass is 430 g/mol. The Morgan fingerprint density at radius 1 is 1.10 bits per heavy atom. The number of halogens is 1. The second-order valence-corrected chi connectivity index (χ2v) is 8.83. The highest BCUT2D eigenvalue weighted by atomic mass is 32.3. The molecule has 0 aliphatic carbocycles. The number of hydrogen-bond acceptors (Lipinski definition) is 5. The summed E-state index contributed by atoms with van der Waals surface area (Å²) in [4.78, 5) is 14.6. The van der Waals surface area contributed by atoms with E-state index in [9.17, 15) is 22.4 Å². The van der Waals surface area contributed by atoms with E-state index in [-0.39, 0.29) is 6.54 Å². The topological polar surface area (TPSA) is 93.1 Å². The SMILES string of the molecule is O=[N+]([O-])CC(c1cccs1)c1c(-c2ccccc2)[nH]c2ccc(S(=O)(=O)F)cc12. The highest BCUT2D eigenvalue weighted by molar-refractivity contribution is 7.86. The van der Waals surface area contributed by atoms with Crippen molar-refractivity contribution in [2.24, 2.45) is 0 Å². The molecular formula is C20H15FN2O4S2. The van der Waals surface area contributed by atoms with Crippen LogP contribution in [0.4, 0.5) is 3.89 Å². The van der Waals surface area contributed by atoms with Crippen molar-refractivity contribution in [1.82, 2.24) is 4.98 Å². The lowest BCUT2D eigenvalue weighted by atomic mass is 9.92. The quantitative estimate of drug-likeness (QED) is 0.266. The number of hydrogen-bond donors (Lipinski definition) is 1. The van der Waals surface area contributed by atoms with E-state index in [1.807, 2.05) is 41.8 Å². The van der Waals surface area contributed by atoms with Crippen LogP contribution >= 0.6 is 11.3 Å². The number of nitrogens with one attached hydrogen (secondary N) is 1. The predicted molar refractivity (Wildman–Crippen MR) is 110 cm³/mol. The van der Waals surface area contributed by atoms with Crippen LogP contribution in [-0.2, 0) is 10.2 Å². The van der Waals surface area contributed by atoms with Gasteiger partial charge in [-0.2, -0.15) is 8.42 Å². The summed E-state index contributed by atoms with van der Waals surface area (Å²) in [6.07, 6.45) is 0. The van der Waals surface area contributed by atoms with Crippen molar-refractivity contribution in [1.29, 1.82) is 0 Å². The van der Waals surface area contributed by atoms with Gasteiger partial charge in [0.2, 0.25) is 6.54 Å². The fraction of sp³-hybridized carbons (Fsp3) is 0.100. The molecule has 148 valence electrons. The Labute approximate surface area is 170 Å². The molecule has 0 aliphatic heterocycles. The molecule has 1 N–H and O–H groups in total. The number of nitro groups is 1. The second kappa shape index (κ2) is 7.41. The zero-order valence-corrected chi connectivity index (χ0v) is 16.5. The molecule has 1 unspecified atom stereocenters. The minimum Gasteiger partial charge on any atom is -0.354 e. The maximum absolute atomic E-state index is 13.7. The Bertz CT molecular complexity index is 1280. The Hall–Kier alpha value is -3.04. The van der Waals surface area contributed by atoms with E-state index in [1.165, 1.54) is 29.5 Å². The molecule has 29 heavy (non-hydrogen) atoms. The third kappa shape index (κ3) is 3.79. The Balaban J connectivity index is 2.06. The summed E-state index contributed by atoms with van der Waals surface area (Å²) in [6, 6.07) is 16.8. The number of aromatic nitrogens is 1. The van der Waals surface area contributed by atoms with Crippen molar-refractivity contribution < 1.29 is 17.2 Å². The van der Waals surface area contributed by atoms with Crippen LogP contribution < -0.4 is 0 Å². The molecule has 0 saturated carbocycles. The summed E-state index contributed by atoms with van der Waals surface area (Å²) in [5, 5.41) is 13.7. The first kappa shape index (κ1) is 19.3. The number of thiophene rings is 1. The average Bonchev–Trinajstić information content (AvgIpc) is 3.33. The number of aromatic amines is 1. The largest absolute Gasteiger partial charge is 0.354 e. The fourth-order valence-electron chi connectivity index (χ4n) is 3.50. The number of H-pyrrole nitrogens is 1. The summed E-state index contributed by atoms with van der Waals surface area (Å²) in [6.45, 7) is -0.375. The first-order chi connectivity index (χ1) is 13.8. The van der Waals surface area contributed by atoms with E-state index in [0.717, 1.165) is 10.4 Å². The molecule has 0 fully saturated rings. The van der Waals surface area contributed by atoms with Crippen molar-refractivity contribution in [2.75, 3.05) is 6.54 Å². The van der Waals surface area contributed by atoms with Gasteiger partial charge in [-0.05, 0) is 35.2 Å². The molecule has 4 rings (SSSR count). The molecule has 0 bridgehead atoms. The summed E-state index contributed by atoms with van der Waals surface area (Å²) >= 11 is 1.38. The van der Waals surface area contributed by atoms with Crippen LogP contribution in [0.25, 0.3) is 22.2 Å². The van der Waals surface area contributed by atoms with Gasteiger partial charge >= 0.3 is 10.2 Å². The Morgan fingerprint density at radius 3 is 2.48 bits per heavy atom. The molecule has 0 aliphatic rings. The molecule has 0 amide bonds. The summed E-state index contributed by atoms with van der Waals surface area (Å²) in [7, 11) is -4.91. The van der Waals surface area contributed by atoms with Crippen molar-refractivity contribution >= 4 is 32.5 Å². The molecule has 9 heteroatoms. The van der Waals surface area contributed by atoms with Crippen molar-refractivity contribution in [3.05, 3.63) is 86.6 Å². The lowest BCUT2D eigenvalue weighted by molar-refractivity contribution is -0.481. The average molecular weight is 430 g/mol. The van der Waals surface area contributed by atoms with Gasteiger partial charge in [0.25, 0.3) is 0 Å². The zero-order chi connectivity index (χ0) is 20.6. The van der Waals surface area contributed by atoms with Crippen molar-refractivity contribution in [3.63, 3.8) is 0 Å². The molecule has 0 radical (unpaired) electrons. The predicted octanol–water partition coefficient (Wildman–Crippen LogP) is 4.96. The van der Waals surface area contributed by atoms with Crippen LogP contribution in [0, 0.1) is 10.1 Å². The summed E-state index contributed by atoms with van der Waals surface area (Å²) in [5.41, 5.74) is 2.61. The normalized spacial score (nSPS) is 12.9. The maximum Gasteiger partial charge on any atom is 0.332 e. The number of fused-ring (bicyclic) bond motifs is 1. The minimum atomic E-state index is -4.91. The van der Waals surface area contributed by atoms with E-state index in [0.29, 0.717) is 22.2 Å². The van der Waals surface area contributed by atoms with Gasteiger partial charge in [0, 0.05) is 26.3 Å². The van der Waals surface area contributed by atoms with Gasteiger partial charge in [0.15, 0.2) is 0 Å². The van der Waals surface area contributed by atoms with E-state index in [4.69, 9.17) is 0 Å². The van der Waals surface area contributed by atoms with E-state index >= 15 is 0 Å². The number of nitrogens with zero attached hydrogens (tertiary/aromatic N) is 1. The van der Waals surface area contributed by atoms with Crippen LogP contribution in [0.1, 0.15) is 16.4 Å². The molecule has 4 aromatic rings. The molecule has 1 atom stereocenters. The Kier molecular flexibility index (Phi) is 4.93. The molecule has 2 aromatic heterocycles. The standard InChI is InChI=1S/C20H15FN2O4S2/c21-29(26,27)14-8-9-17-15(11-14)19(20(22-17)13-5-2-1-3-6-13)16(12-23(24)25)18-7-4-10-28-18/h1-11,16,22H,12H2. The van der Waals surface area contributed by atoms with Crippen molar-refractivity contribution in [2.45, 2.75) is 10.8 Å². The van der Waals surface area contributed by atoms with Gasteiger partial charge in [0.1, 0.15) is 0 Å². The molecule has 0 spiro atoms. The van der Waals surface area contributed by atoms with Crippen LogP contribution in [0.2, 0.25) is 0 Å². The van der Waals surface area contributed by atoms with Gasteiger partial charge in [-0.1, -0.05) is 36.4 Å². The van der Waals surface area contributed by atoms with Gasteiger partial charge in [-0.3, -0.25) is 10.1 Å². The maximum atomic E-state index is 13.7. The molecular weight excluding hydrogens is 415 g/mol. The number of rotatable bonds is 6. The van der Waals surface area contributed by atoms with Crippen LogP contribution in [0.5, 0.6) is 0 Å². The smallest absolute Gasteiger partial charge is 0.332 e. The van der Waals surface area contributed by atoms with E-state index < -0.39 is 26.0 Å². The third-order valence-electron chi connectivity index (χ3n) is 4.72. The minimum absolute atomic E-state index is 0.375. The molecule has 2 aromatic carbocycles. The lowest BCUT2D eigenvalue weighted by Gasteiger charge is -2.14. The zero-order valence-electron chi connectivity index (χ0n) is 14.9. The summed E-state index contributed by atoms with van der Waals surface area (Å²) < 4.78 is 36.6. The van der Waals surface area contributed by atoms with Gasteiger partial charge in [-0.25, -0.2) is 0 Å². The van der Waals surface area contributed by atoms with Crippen molar-refractivity contribution in [3.8, 4) is 11.3 Å². The first-order valence-electron chi connectivity index (χ1n) is 8.65. The van der Waals surface area contributed by atoms with Gasteiger partial charge < -0.3 is 4.98 Å². The van der Waals surface area contributed by atoms with E-state index in [2.05, 4.69) is 4.98 Å². The fourth-order valence-corrected chi connectivity index (χ4v) is 4.82. The van der Waals surface area contributed by atoms with E-state index in [1.54, 1.807) is 6.07 Å². The third-order valence-corrected chi connectivity index (χ3v) is 6.52. The Morgan fingerprint density at radius 2 is 1.86 bits per heavy atom. The molecule has 0 saturated heterocycles. The highest BCUT2D eigenvalue weighted by Gasteiger charge is 2.29. The van der Waals surface area contributed by atoms with Gasteiger partial charge in [0.05, 0.1) is 16.5 Å². The number of benzene rings is 2. The molecule has 6 nitrogen and oxygen atoms in total. The summed E-state index contributed by atoms with van der Waals surface area (Å²) in [5.74, 6) is -0.619. The van der Waals surface area contributed by atoms with Crippen LogP contribution in [-0.4, -0.2) is 24.9 Å². The first-order valence-corrected chi connectivity index (χ1v) is 10.9. The lowest BCUT2D eigenvalue weighted by Crippen LogP contribution is -2.13.